The minimum Gasteiger partial charge on any atom is -0.479 e. The summed E-state index contributed by atoms with van der Waals surface area (Å²) < 4.78 is 5.63. The highest BCUT2D eigenvalue weighted by atomic mass is 79.9. The first-order chi connectivity index (χ1) is 13.5. The Morgan fingerprint density at radius 3 is 2.76 bits per heavy atom. The molecule has 3 N–H and O–H groups in total. The van der Waals surface area contributed by atoms with E-state index in [2.05, 4.69) is 38.2 Å². The molecule has 1 fully saturated rings. The number of nitrogens with zero attached hydrogens (tertiary/aromatic N) is 2. The predicted octanol–water partition coefficient (Wildman–Crippen LogP) is 2.64. The van der Waals surface area contributed by atoms with Gasteiger partial charge in [-0.1, -0.05) is 6.08 Å². The second kappa shape index (κ2) is 9.23. The van der Waals surface area contributed by atoms with E-state index in [4.69, 9.17) is 4.74 Å². The first-order valence-corrected chi connectivity index (χ1v) is 10.7. The molecule has 11 heteroatoms. The molecule has 29 heavy (non-hydrogen) atoms. The Morgan fingerprint density at radius 1 is 1.55 bits per heavy atom. The molecule has 2 rings (SSSR count). The zero-order valence-electron chi connectivity index (χ0n) is 16.5. The molecule has 1 aliphatic heterocycles. The Kier molecular flexibility index (Phi) is 7.41. The van der Waals surface area contributed by atoms with Crippen molar-refractivity contribution in [1.29, 1.82) is 0 Å². The van der Waals surface area contributed by atoms with Crippen molar-refractivity contribution >= 4 is 45.2 Å². The molecule has 0 aromatic carbocycles. The summed E-state index contributed by atoms with van der Waals surface area (Å²) in [7, 11) is 0. The minimum atomic E-state index is -1.72. The fraction of sp³-hybridized carbons (Fsp3) is 0.556. The van der Waals surface area contributed by atoms with Crippen LogP contribution in [0.25, 0.3) is 0 Å². The molecule has 1 saturated heterocycles. The number of nitrogens with one attached hydrogen (secondary N) is 2. The smallest absolute Gasteiger partial charge is 0.407 e. The SMILES string of the molecule is C=CC1CCNN(C(=O)CCNC(=O)OC(C)(C)C)C1(C(=O)O)c1nc(Br)cs1. The average molecular weight is 489 g/mol. The van der Waals surface area contributed by atoms with Gasteiger partial charge in [0.15, 0.2) is 0 Å². The zero-order chi connectivity index (χ0) is 21.8. The molecule has 2 atom stereocenters. The molecular weight excluding hydrogens is 464 g/mol. The number of carboxylic acids is 1. The number of carbonyl (C=O) groups is 3. The molecule has 1 aliphatic rings. The summed E-state index contributed by atoms with van der Waals surface area (Å²) in [5, 5.41) is 15.8. The second-order valence-electron chi connectivity index (χ2n) is 7.49. The number of aromatic nitrogens is 1. The van der Waals surface area contributed by atoms with Crippen molar-refractivity contribution in [2.75, 3.05) is 13.1 Å². The van der Waals surface area contributed by atoms with E-state index in [-0.39, 0.29) is 18.0 Å². The summed E-state index contributed by atoms with van der Waals surface area (Å²) >= 11 is 4.40. The van der Waals surface area contributed by atoms with Crippen LogP contribution in [0.3, 0.4) is 0 Å². The summed E-state index contributed by atoms with van der Waals surface area (Å²) in [5.41, 5.74) is 0.523. The van der Waals surface area contributed by atoms with E-state index in [1.807, 2.05) is 0 Å². The van der Waals surface area contributed by atoms with Crippen LogP contribution in [0.2, 0.25) is 0 Å². The summed E-state index contributed by atoms with van der Waals surface area (Å²) in [6.45, 7) is 9.38. The molecule has 0 radical (unpaired) electrons. The van der Waals surface area contributed by atoms with Gasteiger partial charge >= 0.3 is 12.1 Å². The molecule has 160 valence electrons. The van der Waals surface area contributed by atoms with Crippen LogP contribution in [0.5, 0.6) is 0 Å². The Bertz CT molecular complexity index is 793. The van der Waals surface area contributed by atoms with Gasteiger partial charge in [-0.25, -0.2) is 20.0 Å². The lowest BCUT2D eigenvalue weighted by Crippen LogP contribution is -2.67. The second-order valence-corrected chi connectivity index (χ2v) is 9.16. The normalized spacial score (nSPS) is 22.1. The third-order valence-electron chi connectivity index (χ3n) is 4.28. The van der Waals surface area contributed by atoms with Gasteiger partial charge in [-0.3, -0.25) is 9.80 Å². The fourth-order valence-electron chi connectivity index (χ4n) is 3.13. The monoisotopic (exact) mass is 488 g/mol. The molecule has 9 nitrogen and oxygen atoms in total. The lowest BCUT2D eigenvalue weighted by Gasteiger charge is -2.46. The topological polar surface area (TPSA) is 121 Å². The number of aliphatic carboxylic acids is 1. The number of amides is 2. The van der Waals surface area contributed by atoms with Crippen molar-refractivity contribution in [2.45, 2.75) is 44.8 Å². The lowest BCUT2D eigenvalue weighted by atomic mass is 9.79. The Labute approximate surface area is 181 Å². The number of hydrazine groups is 1. The highest BCUT2D eigenvalue weighted by Gasteiger charge is 2.57. The van der Waals surface area contributed by atoms with Gasteiger partial charge in [0, 0.05) is 30.8 Å². The van der Waals surface area contributed by atoms with Gasteiger partial charge in [0.25, 0.3) is 0 Å². The Morgan fingerprint density at radius 2 is 2.24 bits per heavy atom. The maximum atomic E-state index is 13.0. The molecule has 2 heterocycles. The highest BCUT2D eigenvalue weighted by molar-refractivity contribution is 9.10. The van der Waals surface area contributed by atoms with Crippen LogP contribution in [0.15, 0.2) is 22.6 Å². The van der Waals surface area contributed by atoms with E-state index in [0.29, 0.717) is 17.6 Å². The quantitative estimate of drug-likeness (QED) is 0.526. The van der Waals surface area contributed by atoms with E-state index in [0.717, 1.165) is 16.3 Å². The molecule has 2 amide bonds. The van der Waals surface area contributed by atoms with Crippen LogP contribution >= 0.6 is 27.3 Å². The number of hydrogen-bond donors (Lipinski definition) is 3. The first-order valence-electron chi connectivity index (χ1n) is 9.03. The molecule has 0 saturated carbocycles. The number of ether oxygens (including phenoxy) is 1. The maximum Gasteiger partial charge on any atom is 0.407 e. The van der Waals surface area contributed by atoms with Crippen LogP contribution in [0, 0.1) is 5.92 Å². The molecule has 0 aliphatic carbocycles. The number of alkyl carbamates (subject to hydrolysis) is 1. The highest BCUT2D eigenvalue weighted by Crippen LogP contribution is 2.42. The number of halogens is 1. The third kappa shape index (κ3) is 5.14. The van der Waals surface area contributed by atoms with Gasteiger partial charge in [-0.15, -0.1) is 17.9 Å². The van der Waals surface area contributed by atoms with Crippen LogP contribution < -0.4 is 10.7 Å². The van der Waals surface area contributed by atoms with E-state index >= 15 is 0 Å². The van der Waals surface area contributed by atoms with Gasteiger partial charge in [-0.2, -0.15) is 0 Å². The molecular formula is C18H25BrN4O5S. The predicted molar refractivity (Wildman–Crippen MR) is 111 cm³/mol. The fourth-order valence-corrected chi connectivity index (χ4v) is 4.63. The number of carbonyl (C=O) groups excluding carboxylic acids is 2. The van der Waals surface area contributed by atoms with Crippen LogP contribution in [0.4, 0.5) is 4.79 Å². The first kappa shape index (κ1) is 23.3. The summed E-state index contributed by atoms with van der Waals surface area (Å²) in [4.78, 5) is 41.5. The number of thiazole rings is 1. The van der Waals surface area contributed by atoms with Crippen LogP contribution in [-0.4, -0.2) is 51.8 Å². The molecule has 0 bridgehead atoms. The van der Waals surface area contributed by atoms with E-state index < -0.39 is 35.0 Å². The number of rotatable bonds is 6. The largest absolute Gasteiger partial charge is 0.479 e. The molecule has 1 aromatic rings. The average Bonchev–Trinajstić information content (AvgIpc) is 3.05. The summed E-state index contributed by atoms with van der Waals surface area (Å²) in [6, 6.07) is 0. The number of hydrogen-bond acceptors (Lipinski definition) is 7. The van der Waals surface area contributed by atoms with Crippen molar-refractivity contribution in [3.8, 4) is 0 Å². The number of carboxylic acid groups (broad SMARTS) is 1. The minimum absolute atomic E-state index is 0.00193. The van der Waals surface area contributed by atoms with Gasteiger partial charge < -0.3 is 15.2 Å². The van der Waals surface area contributed by atoms with E-state index in [1.165, 1.54) is 0 Å². The molecule has 2 unspecified atom stereocenters. The van der Waals surface area contributed by atoms with Crippen molar-refractivity contribution in [3.63, 3.8) is 0 Å². The molecule has 0 spiro atoms. The Balaban J connectivity index is 2.23. The summed E-state index contributed by atoms with van der Waals surface area (Å²) in [5.74, 6) is -2.23. The van der Waals surface area contributed by atoms with Crippen LogP contribution in [-0.2, 0) is 19.9 Å². The van der Waals surface area contributed by atoms with Crippen molar-refractivity contribution in [3.05, 3.63) is 27.6 Å². The molecule has 1 aromatic heterocycles. The standard InChI is InChI=1S/C18H25BrN4O5S/c1-5-11-6-9-21-23(13(24)7-8-20-16(27)28-17(2,3)4)18(11,15(25)26)14-22-12(19)10-29-14/h5,10-11,21H,1,6-9H2,2-4H3,(H,20,27)(H,25,26). The van der Waals surface area contributed by atoms with Gasteiger partial charge in [0.2, 0.25) is 11.4 Å². The van der Waals surface area contributed by atoms with Gasteiger partial charge in [0.1, 0.15) is 15.2 Å². The summed E-state index contributed by atoms with van der Waals surface area (Å²) in [6.07, 6.45) is 1.27. The van der Waals surface area contributed by atoms with Crippen molar-refractivity contribution in [1.82, 2.24) is 20.7 Å². The Hall–Kier alpha value is -1.98. The third-order valence-corrected chi connectivity index (χ3v) is 5.96. The lowest BCUT2D eigenvalue weighted by molar-refractivity contribution is -0.173. The van der Waals surface area contributed by atoms with Gasteiger partial charge in [0.05, 0.1) is 0 Å². The van der Waals surface area contributed by atoms with Crippen molar-refractivity contribution < 1.29 is 24.2 Å². The van der Waals surface area contributed by atoms with Crippen LogP contribution in [0.1, 0.15) is 38.6 Å². The van der Waals surface area contributed by atoms with E-state index in [9.17, 15) is 19.5 Å². The van der Waals surface area contributed by atoms with Crippen molar-refractivity contribution in [2.24, 2.45) is 5.92 Å². The van der Waals surface area contributed by atoms with Gasteiger partial charge in [-0.05, 0) is 43.1 Å². The van der Waals surface area contributed by atoms with E-state index in [1.54, 1.807) is 32.2 Å². The maximum absolute atomic E-state index is 13.0. The zero-order valence-corrected chi connectivity index (χ0v) is 18.9.